The summed E-state index contributed by atoms with van der Waals surface area (Å²) < 4.78 is 0. The average molecular weight is 244 g/mol. The number of rotatable bonds is 3. The zero-order valence-corrected chi connectivity index (χ0v) is 9.57. The third kappa shape index (κ3) is 3.16. The van der Waals surface area contributed by atoms with Crippen LogP contribution in [0.2, 0.25) is 0 Å². The van der Waals surface area contributed by atoms with Crippen LogP contribution in [0.3, 0.4) is 0 Å². The molecule has 17 heavy (non-hydrogen) atoms. The SMILES string of the molecule is N#Cc1cc(CSc2nccc(=O)[nH]2)ccn1. The molecule has 0 aliphatic carbocycles. The molecule has 2 aromatic heterocycles. The van der Waals surface area contributed by atoms with E-state index in [0.717, 1.165) is 5.56 Å². The summed E-state index contributed by atoms with van der Waals surface area (Å²) in [6, 6.07) is 6.89. The summed E-state index contributed by atoms with van der Waals surface area (Å²) in [5.41, 5.74) is 1.18. The number of hydrogen-bond acceptors (Lipinski definition) is 5. The molecule has 0 radical (unpaired) electrons. The summed E-state index contributed by atoms with van der Waals surface area (Å²) in [6.45, 7) is 0. The molecule has 0 atom stereocenters. The third-order valence-corrected chi connectivity index (χ3v) is 2.92. The van der Waals surface area contributed by atoms with Crippen LogP contribution in [0.15, 0.2) is 40.5 Å². The smallest absolute Gasteiger partial charge is 0.251 e. The van der Waals surface area contributed by atoms with Crippen molar-refractivity contribution in [3.63, 3.8) is 0 Å². The zero-order chi connectivity index (χ0) is 12.1. The lowest BCUT2D eigenvalue weighted by molar-refractivity contribution is 0.936. The van der Waals surface area contributed by atoms with Crippen molar-refractivity contribution in [2.24, 2.45) is 0 Å². The van der Waals surface area contributed by atoms with Crippen molar-refractivity contribution in [2.75, 3.05) is 0 Å². The Labute approximate surface area is 102 Å². The lowest BCUT2D eigenvalue weighted by Gasteiger charge is -2.00. The molecule has 0 unspecified atom stereocenters. The van der Waals surface area contributed by atoms with Gasteiger partial charge in [0.1, 0.15) is 11.8 Å². The Hall–Kier alpha value is -2.13. The molecule has 0 saturated heterocycles. The van der Waals surface area contributed by atoms with Gasteiger partial charge in [-0.25, -0.2) is 9.97 Å². The molecule has 2 rings (SSSR count). The molecule has 6 heteroatoms. The fourth-order valence-electron chi connectivity index (χ4n) is 1.20. The van der Waals surface area contributed by atoms with Gasteiger partial charge in [0.15, 0.2) is 5.16 Å². The first-order valence-electron chi connectivity index (χ1n) is 4.81. The number of hydrogen-bond donors (Lipinski definition) is 1. The molecular weight excluding hydrogens is 236 g/mol. The van der Waals surface area contributed by atoms with Gasteiger partial charge < -0.3 is 4.98 Å². The summed E-state index contributed by atoms with van der Waals surface area (Å²) >= 11 is 1.40. The molecule has 0 aliphatic rings. The molecule has 0 amide bonds. The van der Waals surface area contributed by atoms with Crippen LogP contribution >= 0.6 is 11.8 Å². The van der Waals surface area contributed by atoms with Crippen LogP contribution in [0.4, 0.5) is 0 Å². The highest BCUT2D eigenvalue weighted by atomic mass is 32.2. The van der Waals surface area contributed by atoms with E-state index in [9.17, 15) is 4.79 Å². The van der Waals surface area contributed by atoms with Crippen molar-refractivity contribution < 1.29 is 0 Å². The van der Waals surface area contributed by atoms with E-state index in [-0.39, 0.29) is 5.56 Å². The van der Waals surface area contributed by atoms with Crippen LogP contribution in [0, 0.1) is 11.3 Å². The first-order chi connectivity index (χ1) is 8.28. The Morgan fingerprint density at radius 2 is 2.18 bits per heavy atom. The summed E-state index contributed by atoms with van der Waals surface area (Å²) in [5, 5.41) is 9.27. The van der Waals surface area contributed by atoms with E-state index < -0.39 is 0 Å². The first kappa shape index (κ1) is 11.4. The van der Waals surface area contributed by atoms with Crippen molar-refractivity contribution in [1.29, 1.82) is 5.26 Å². The Morgan fingerprint density at radius 1 is 1.35 bits per heavy atom. The maximum absolute atomic E-state index is 11.0. The number of nitriles is 1. The number of aromatic nitrogens is 3. The molecule has 2 aromatic rings. The molecule has 0 aromatic carbocycles. The Balaban J connectivity index is 2.07. The number of nitrogens with one attached hydrogen (secondary N) is 1. The van der Waals surface area contributed by atoms with Crippen molar-refractivity contribution in [1.82, 2.24) is 15.0 Å². The minimum absolute atomic E-state index is 0.171. The minimum atomic E-state index is -0.171. The molecule has 2 heterocycles. The lowest BCUT2D eigenvalue weighted by Crippen LogP contribution is -2.05. The molecule has 5 nitrogen and oxygen atoms in total. The summed E-state index contributed by atoms with van der Waals surface area (Å²) in [5.74, 6) is 0.629. The second kappa shape index (κ2) is 5.27. The van der Waals surface area contributed by atoms with Crippen molar-refractivity contribution in [3.8, 4) is 6.07 Å². The van der Waals surface area contributed by atoms with Crippen LogP contribution in [0.1, 0.15) is 11.3 Å². The minimum Gasteiger partial charge on any atom is -0.301 e. The molecule has 0 aliphatic heterocycles. The summed E-state index contributed by atoms with van der Waals surface area (Å²) in [4.78, 5) is 21.6. The van der Waals surface area contributed by atoms with Gasteiger partial charge in [-0.15, -0.1) is 0 Å². The van der Waals surface area contributed by atoms with Gasteiger partial charge in [-0.2, -0.15) is 5.26 Å². The predicted molar refractivity (Wildman–Crippen MR) is 63.4 cm³/mol. The topological polar surface area (TPSA) is 82.4 Å². The highest BCUT2D eigenvalue weighted by Crippen LogP contribution is 2.17. The van der Waals surface area contributed by atoms with Crippen molar-refractivity contribution in [2.45, 2.75) is 10.9 Å². The number of pyridine rings is 1. The van der Waals surface area contributed by atoms with Gasteiger partial charge >= 0.3 is 0 Å². The van der Waals surface area contributed by atoms with E-state index >= 15 is 0 Å². The molecular formula is C11H8N4OS. The van der Waals surface area contributed by atoms with Crippen LogP contribution in [-0.4, -0.2) is 15.0 Å². The molecule has 0 saturated carbocycles. The van der Waals surface area contributed by atoms with Gasteiger partial charge in [-0.1, -0.05) is 11.8 Å². The zero-order valence-electron chi connectivity index (χ0n) is 8.75. The van der Waals surface area contributed by atoms with E-state index in [0.29, 0.717) is 16.6 Å². The monoisotopic (exact) mass is 244 g/mol. The van der Waals surface area contributed by atoms with Gasteiger partial charge in [-0.05, 0) is 17.7 Å². The number of H-pyrrole nitrogens is 1. The van der Waals surface area contributed by atoms with Crippen molar-refractivity contribution in [3.05, 3.63) is 52.2 Å². The Morgan fingerprint density at radius 3 is 2.94 bits per heavy atom. The number of thioether (sulfide) groups is 1. The molecule has 0 bridgehead atoms. The van der Waals surface area contributed by atoms with Crippen LogP contribution < -0.4 is 5.56 Å². The van der Waals surface area contributed by atoms with E-state index in [1.54, 1.807) is 12.3 Å². The van der Waals surface area contributed by atoms with Gasteiger partial charge in [0, 0.05) is 24.2 Å². The maximum Gasteiger partial charge on any atom is 0.251 e. The summed E-state index contributed by atoms with van der Waals surface area (Å²) in [7, 11) is 0. The van der Waals surface area contributed by atoms with Crippen LogP contribution in [0.25, 0.3) is 0 Å². The second-order valence-electron chi connectivity index (χ2n) is 3.19. The number of aromatic amines is 1. The van der Waals surface area contributed by atoms with Gasteiger partial charge in [0.2, 0.25) is 0 Å². The van der Waals surface area contributed by atoms with E-state index in [1.165, 1.54) is 24.0 Å². The normalized spacial score (nSPS) is 9.82. The molecule has 1 N–H and O–H groups in total. The van der Waals surface area contributed by atoms with Crippen LogP contribution in [-0.2, 0) is 5.75 Å². The lowest BCUT2D eigenvalue weighted by atomic mass is 10.2. The third-order valence-electron chi connectivity index (χ3n) is 1.96. The summed E-state index contributed by atoms with van der Waals surface area (Å²) in [6.07, 6.45) is 3.06. The molecule has 84 valence electrons. The predicted octanol–water partition coefficient (Wildman–Crippen LogP) is 1.33. The highest BCUT2D eigenvalue weighted by molar-refractivity contribution is 7.98. The van der Waals surface area contributed by atoms with E-state index in [2.05, 4.69) is 15.0 Å². The average Bonchev–Trinajstić information content (AvgIpc) is 2.37. The number of nitrogens with zero attached hydrogens (tertiary/aromatic N) is 3. The van der Waals surface area contributed by atoms with Gasteiger partial charge in [-0.3, -0.25) is 4.79 Å². The second-order valence-corrected chi connectivity index (χ2v) is 4.15. The largest absolute Gasteiger partial charge is 0.301 e. The Bertz CT molecular complexity index is 617. The van der Waals surface area contributed by atoms with Gasteiger partial charge in [0.05, 0.1) is 0 Å². The maximum atomic E-state index is 11.0. The van der Waals surface area contributed by atoms with E-state index in [4.69, 9.17) is 5.26 Å². The quantitative estimate of drug-likeness (QED) is 0.650. The fraction of sp³-hybridized carbons (Fsp3) is 0.0909. The molecule has 0 spiro atoms. The molecule has 0 fully saturated rings. The Kier molecular flexibility index (Phi) is 3.52. The fourth-order valence-corrected chi connectivity index (χ4v) is 1.99. The van der Waals surface area contributed by atoms with E-state index in [1.807, 2.05) is 12.1 Å². The van der Waals surface area contributed by atoms with Gasteiger partial charge in [0.25, 0.3) is 5.56 Å². The van der Waals surface area contributed by atoms with Crippen LogP contribution in [0.5, 0.6) is 0 Å². The highest BCUT2D eigenvalue weighted by Gasteiger charge is 2.00. The van der Waals surface area contributed by atoms with Crippen molar-refractivity contribution >= 4 is 11.8 Å². The standard InChI is InChI=1S/C11H8N4OS/c12-6-9-5-8(1-3-13-9)7-17-11-14-4-2-10(16)15-11/h1-5H,7H2,(H,14,15,16). The first-order valence-corrected chi connectivity index (χ1v) is 5.79.